The van der Waals surface area contributed by atoms with Crippen LogP contribution in [0.1, 0.15) is 70.4 Å². The van der Waals surface area contributed by atoms with Crippen LogP contribution in [0.25, 0.3) is 16.6 Å². The second-order valence-electron chi connectivity index (χ2n) is 17.9. The Kier molecular flexibility index (Phi) is 13.2. The molecule has 3 N–H and O–H groups in total. The van der Waals surface area contributed by atoms with Crippen LogP contribution in [0, 0.1) is 0 Å². The number of rotatable bonds is 10. The summed E-state index contributed by atoms with van der Waals surface area (Å²) in [6, 6.07) is 15.3. The largest absolute Gasteiger partial charge is 0.455 e. The first-order chi connectivity index (χ1) is 31.0. The summed E-state index contributed by atoms with van der Waals surface area (Å²) >= 11 is 6.35. The Morgan fingerprint density at radius 2 is 1.50 bits per heavy atom. The summed E-state index contributed by atoms with van der Waals surface area (Å²) in [5, 5.41) is 20.4. The van der Waals surface area contributed by atoms with E-state index < -0.39 is 62.9 Å². The number of ether oxygens (including phenoxy) is 2. The van der Waals surface area contributed by atoms with E-state index in [9.17, 15) is 37.2 Å². The van der Waals surface area contributed by atoms with Gasteiger partial charge in [0.2, 0.25) is 5.91 Å². The summed E-state index contributed by atoms with van der Waals surface area (Å²) in [7, 11) is -3.11. The highest BCUT2D eigenvalue weighted by atomic mass is 35.5. The minimum atomic E-state index is -3.11. The average molecular weight is 945 g/mol. The highest BCUT2D eigenvalue weighted by Crippen LogP contribution is 2.31. The fourth-order valence-electron chi connectivity index (χ4n) is 7.54. The number of hydrogen-bond donors (Lipinski definition) is 3. The van der Waals surface area contributed by atoms with Crippen molar-refractivity contribution in [3.63, 3.8) is 0 Å². The van der Waals surface area contributed by atoms with Gasteiger partial charge < -0.3 is 35.2 Å². The number of benzene rings is 3. The number of carbonyl (C=O) groups is 6. The number of hydrogen-bond acceptors (Lipinski definition) is 13. The Morgan fingerprint density at radius 1 is 0.818 bits per heavy atom. The Balaban J connectivity index is 1.16. The molecule has 4 heterocycles. The van der Waals surface area contributed by atoms with Gasteiger partial charge in [-0.15, -0.1) is 5.10 Å². The summed E-state index contributed by atoms with van der Waals surface area (Å²) in [5.41, 5.74) is 0.310. The molecule has 2 aliphatic heterocycles. The molecular weight excluding hydrogens is 896 g/mol. The standard InChI is InChI=1S/C44H49ClN10O10S/c1-43(2,3)64-40(59)36-23-27-22-31(12-14-32(27)55(36)42(61)65-44(4,5)6)47-37(56)35(21-26-7-10-29(11-8-26)48-41(60)49-30-15-19-66(62,63)20-16-30)53-18-17-52(38(57)39(53)58)34-24-28(45)9-13-33(34)54-25-46-50-51-54/h7-14,22-25,30,35H,15-21H2,1-6H3,(H,47,56)(H2,48,49,60)/t35-/m0/s1. The highest BCUT2D eigenvalue weighted by molar-refractivity contribution is 7.91. The van der Waals surface area contributed by atoms with Crippen molar-refractivity contribution in [2.45, 2.75) is 84.1 Å². The molecule has 0 radical (unpaired) electrons. The molecule has 0 aliphatic carbocycles. The smallest absolute Gasteiger partial charge is 0.419 e. The summed E-state index contributed by atoms with van der Waals surface area (Å²) in [6.45, 7) is 10.0. The number of tetrazole rings is 1. The first kappa shape index (κ1) is 47.1. The van der Waals surface area contributed by atoms with Crippen LogP contribution in [0.4, 0.5) is 26.7 Å². The van der Waals surface area contributed by atoms with E-state index in [2.05, 4.69) is 31.5 Å². The van der Waals surface area contributed by atoms with Gasteiger partial charge in [-0.3, -0.25) is 14.4 Å². The number of carbonyl (C=O) groups excluding carboxylic acids is 6. The summed E-state index contributed by atoms with van der Waals surface area (Å²) in [4.78, 5) is 84.9. The first-order valence-electron chi connectivity index (χ1n) is 21.0. The molecule has 2 saturated heterocycles. The normalized spacial score (nSPS) is 16.2. The second kappa shape index (κ2) is 18.6. The molecular formula is C44H49ClN10O10S. The maximum absolute atomic E-state index is 14.5. The lowest BCUT2D eigenvalue weighted by Crippen LogP contribution is -2.60. The molecule has 348 valence electrons. The molecule has 5 amide bonds. The van der Waals surface area contributed by atoms with Gasteiger partial charge in [0.1, 0.15) is 39.1 Å². The lowest BCUT2D eigenvalue weighted by atomic mass is 10.0. The van der Waals surface area contributed by atoms with Crippen molar-refractivity contribution in [2.24, 2.45) is 0 Å². The maximum Gasteiger partial charge on any atom is 0.419 e. The highest BCUT2D eigenvalue weighted by Gasteiger charge is 2.41. The summed E-state index contributed by atoms with van der Waals surface area (Å²) in [6.07, 6.45) is 1.07. The fourth-order valence-corrected chi connectivity index (χ4v) is 9.19. The van der Waals surface area contributed by atoms with Crippen LogP contribution in [0.3, 0.4) is 0 Å². The average Bonchev–Trinajstić information content (AvgIpc) is 3.90. The van der Waals surface area contributed by atoms with Crippen molar-refractivity contribution in [1.82, 2.24) is 35.0 Å². The molecule has 5 aromatic rings. The van der Waals surface area contributed by atoms with Gasteiger partial charge in [0, 0.05) is 47.3 Å². The van der Waals surface area contributed by atoms with E-state index in [1.165, 1.54) is 45.1 Å². The Bertz CT molecular complexity index is 2800. The molecule has 0 unspecified atom stereocenters. The molecule has 7 rings (SSSR count). The third kappa shape index (κ3) is 11.1. The van der Waals surface area contributed by atoms with Crippen LogP contribution in [0.2, 0.25) is 5.02 Å². The van der Waals surface area contributed by atoms with Crippen LogP contribution in [-0.4, -0.2) is 122 Å². The van der Waals surface area contributed by atoms with Gasteiger partial charge in [0.15, 0.2) is 0 Å². The zero-order valence-electron chi connectivity index (χ0n) is 37.0. The van der Waals surface area contributed by atoms with E-state index in [-0.39, 0.29) is 54.1 Å². The molecule has 2 aromatic heterocycles. The maximum atomic E-state index is 14.5. The van der Waals surface area contributed by atoms with Gasteiger partial charge in [-0.1, -0.05) is 23.7 Å². The quantitative estimate of drug-likeness (QED) is 0.122. The Morgan fingerprint density at radius 3 is 2.15 bits per heavy atom. The van der Waals surface area contributed by atoms with Crippen molar-refractivity contribution < 1.29 is 46.7 Å². The van der Waals surface area contributed by atoms with Crippen molar-refractivity contribution in [3.8, 4) is 5.69 Å². The zero-order chi connectivity index (χ0) is 47.7. The van der Waals surface area contributed by atoms with Crippen LogP contribution in [0.15, 0.2) is 73.1 Å². The van der Waals surface area contributed by atoms with E-state index in [4.69, 9.17) is 21.1 Å². The Hall–Kier alpha value is -6.87. The fraction of sp³-hybridized carbons (Fsp3) is 0.386. The molecule has 0 bridgehead atoms. The molecule has 22 heteroatoms. The number of nitrogens with zero attached hydrogens (tertiary/aromatic N) is 7. The number of esters is 1. The summed E-state index contributed by atoms with van der Waals surface area (Å²) in [5.74, 6) is -3.34. The number of amides is 5. The van der Waals surface area contributed by atoms with E-state index in [1.54, 1.807) is 84.0 Å². The molecule has 2 aliphatic rings. The third-order valence-electron chi connectivity index (χ3n) is 10.5. The lowest BCUT2D eigenvalue weighted by Gasteiger charge is -2.38. The topological polar surface area (TPSA) is 246 Å². The number of urea groups is 1. The monoisotopic (exact) mass is 944 g/mol. The van der Waals surface area contributed by atoms with Crippen LogP contribution in [0.5, 0.6) is 0 Å². The van der Waals surface area contributed by atoms with Gasteiger partial charge in [-0.2, -0.15) is 4.68 Å². The number of nitrogens with one attached hydrogen (secondary N) is 3. The molecule has 2 fully saturated rings. The molecule has 3 aromatic carbocycles. The number of fused-ring (bicyclic) bond motifs is 1. The third-order valence-corrected chi connectivity index (χ3v) is 12.5. The zero-order valence-corrected chi connectivity index (χ0v) is 38.6. The molecule has 1 atom stereocenters. The number of piperazine rings is 1. The number of sulfone groups is 1. The molecule has 0 spiro atoms. The van der Waals surface area contributed by atoms with Crippen LogP contribution in [-0.2, 0) is 40.1 Å². The number of aromatic nitrogens is 5. The van der Waals surface area contributed by atoms with Gasteiger partial charge in [-0.05, 0) is 125 Å². The predicted molar refractivity (Wildman–Crippen MR) is 243 cm³/mol. The van der Waals surface area contributed by atoms with Crippen molar-refractivity contribution >= 4 is 85.2 Å². The number of anilines is 3. The van der Waals surface area contributed by atoms with E-state index in [0.717, 1.165) is 4.57 Å². The van der Waals surface area contributed by atoms with Crippen molar-refractivity contribution in [1.29, 1.82) is 0 Å². The number of halogens is 1. The molecule has 66 heavy (non-hydrogen) atoms. The van der Waals surface area contributed by atoms with Crippen molar-refractivity contribution in [3.05, 3.63) is 89.3 Å². The van der Waals surface area contributed by atoms with E-state index >= 15 is 0 Å². The first-order valence-corrected chi connectivity index (χ1v) is 23.2. The van der Waals surface area contributed by atoms with Gasteiger partial charge >= 0.3 is 29.9 Å². The van der Waals surface area contributed by atoms with E-state index in [0.29, 0.717) is 45.7 Å². The Labute approximate surface area is 384 Å². The minimum Gasteiger partial charge on any atom is -0.455 e. The predicted octanol–water partition coefficient (Wildman–Crippen LogP) is 5.13. The second-order valence-corrected chi connectivity index (χ2v) is 20.6. The van der Waals surface area contributed by atoms with Gasteiger partial charge in [0.25, 0.3) is 0 Å². The SMILES string of the molecule is CC(C)(C)OC(=O)c1cc2cc(NC(=O)[C@H](Cc3ccc(NC(=O)NC4CCS(=O)(=O)CC4)cc3)N3CCN(c4cc(Cl)ccc4-n4cnnn4)C(=O)C3=O)ccc2n1C(=O)OC(C)(C)C. The van der Waals surface area contributed by atoms with Gasteiger partial charge in [0.05, 0.1) is 28.4 Å². The lowest BCUT2D eigenvalue weighted by molar-refractivity contribution is -0.149. The molecule has 0 saturated carbocycles. The van der Waals surface area contributed by atoms with Gasteiger partial charge in [-0.25, -0.2) is 27.4 Å². The summed E-state index contributed by atoms with van der Waals surface area (Å²) < 4.78 is 37.3. The van der Waals surface area contributed by atoms with Crippen LogP contribution >= 0.6 is 11.6 Å². The van der Waals surface area contributed by atoms with Crippen molar-refractivity contribution in [2.75, 3.05) is 40.1 Å². The minimum absolute atomic E-state index is 0.00184. The van der Waals surface area contributed by atoms with Crippen LogP contribution < -0.4 is 20.9 Å². The molecule has 20 nitrogen and oxygen atoms in total. The van der Waals surface area contributed by atoms with E-state index in [1.807, 2.05) is 0 Å².